The van der Waals surface area contributed by atoms with Crippen LogP contribution in [0.3, 0.4) is 0 Å². The minimum atomic E-state index is -0.0978. The van der Waals surface area contributed by atoms with Crippen LogP contribution in [0.2, 0.25) is 0 Å². The zero-order valence-electron chi connectivity index (χ0n) is 10.5. The van der Waals surface area contributed by atoms with Crippen molar-refractivity contribution in [3.63, 3.8) is 0 Å². The van der Waals surface area contributed by atoms with Gasteiger partial charge in [-0.1, -0.05) is 0 Å². The molecule has 0 aliphatic rings. The predicted octanol–water partition coefficient (Wildman–Crippen LogP) is 2.79. The molecule has 0 radical (unpaired) electrons. The van der Waals surface area contributed by atoms with Crippen molar-refractivity contribution < 1.29 is 9.53 Å². The first kappa shape index (κ1) is 11.6. The quantitative estimate of drug-likeness (QED) is 0.799. The molecule has 17 heavy (non-hydrogen) atoms. The van der Waals surface area contributed by atoms with E-state index in [1.165, 1.54) is 11.6 Å². The summed E-state index contributed by atoms with van der Waals surface area (Å²) in [6.45, 7) is 7.44. The summed E-state index contributed by atoms with van der Waals surface area (Å²) in [5, 5.41) is 5.02. The molecule has 0 N–H and O–H groups in total. The smallest absolute Gasteiger partial charge is 0.244 e. The van der Waals surface area contributed by atoms with E-state index in [9.17, 15) is 4.79 Å². The van der Waals surface area contributed by atoms with Crippen LogP contribution in [0.25, 0.3) is 10.9 Å². The third-order valence-corrected chi connectivity index (χ3v) is 2.53. The monoisotopic (exact) mass is 232 g/mol. The number of fused-ring (bicyclic) bond motifs is 1. The first-order valence-electron chi connectivity index (χ1n) is 5.65. The fourth-order valence-electron chi connectivity index (χ4n) is 1.80. The third kappa shape index (κ3) is 2.16. The number of ether oxygens (including phenoxy) is 1. The van der Waals surface area contributed by atoms with Crippen LogP contribution in [-0.4, -0.2) is 21.8 Å². The fourth-order valence-corrected chi connectivity index (χ4v) is 1.80. The molecule has 0 saturated heterocycles. The van der Waals surface area contributed by atoms with Crippen LogP contribution in [0.15, 0.2) is 18.3 Å². The third-order valence-electron chi connectivity index (χ3n) is 2.53. The number of nitrogens with zero attached hydrogens (tertiary/aromatic N) is 2. The van der Waals surface area contributed by atoms with Crippen molar-refractivity contribution in [2.45, 2.75) is 33.8 Å². The van der Waals surface area contributed by atoms with E-state index in [0.29, 0.717) is 0 Å². The van der Waals surface area contributed by atoms with Crippen LogP contribution >= 0.6 is 0 Å². The van der Waals surface area contributed by atoms with Gasteiger partial charge < -0.3 is 4.74 Å². The van der Waals surface area contributed by atoms with E-state index in [1.807, 2.05) is 32.9 Å². The molecule has 1 aromatic heterocycles. The Hall–Kier alpha value is -1.84. The maximum atomic E-state index is 11.4. The van der Waals surface area contributed by atoms with Gasteiger partial charge in [0.05, 0.1) is 17.8 Å². The standard InChI is InChI=1S/C13H16N2O2/c1-8(2)17-13-6-12-11(5-9(13)3)7-14-15(12)10(4)16/h5-8H,1-4H3. The summed E-state index contributed by atoms with van der Waals surface area (Å²) in [6, 6.07) is 3.86. The van der Waals surface area contributed by atoms with E-state index in [2.05, 4.69) is 5.10 Å². The number of carbonyl (C=O) groups excluding carboxylic acids is 1. The highest BCUT2D eigenvalue weighted by Gasteiger charge is 2.10. The van der Waals surface area contributed by atoms with Gasteiger partial charge in [-0.05, 0) is 32.4 Å². The summed E-state index contributed by atoms with van der Waals surface area (Å²) in [7, 11) is 0. The van der Waals surface area contributed by atoms with Crippen molar-refractivity contribution in [3.05, 3.63) is 23.9 Å². The maximum Gasteiger partial charge on any atom is 0.244 e. The van der Waals surface area contributed by atoms with Crippen LogP contribution in [0.1, 0.15) is 31.1 Å². The molecule has 4 nitrogen and oxygen atoms in total. The van der Waals surface area contributed by atoms with Gasteiger partial charge in [0.15, 0.2) is 0 Å². The average Bonchev–Trinajstić information content (AvgIpc) is 2.60. The number of aromatic nitrogens is 2. The Kier molecular flexibility index (Phi) is 2.88. The molecule has 0 aliphatic carbocycles. The average molecular weight is 232 g/mol. The number of rotatable bonds is 2. The molecule has 0 atom stereocenters. The van der Waals surface area contributed by atoms with Crippen LogP contribution in [0.5, 0.6) is 5.75 Å². The van der Waals surface area contributed by atoms with Crippen molar-refractivity contribution >= 4 is 16.8 Å². The summed E-state index contributed by atoms with van der Waals surface area (Å²) in [4.78, 5) is 11.4. The van der Waals surface area contributed by atoms with Gasteiger partial charge in [0, 0.05) is 18.4 Å². The van der Waals surface area contributed by atoms with E-state index in [-0.39, 0.29) is 12.0 Å². The highest BCUT2D eigenvalue weighted by molar-refractivity contribution is 5.90. The van der Waals surface area contributed by atoms with Gasteiger partial charge in [0.2, 0.25) is 5.91 Å². The summed E-state index contributed by atoms with van der Waals surface area (Å²) < 4.78 is 7.10. The van der Waals surface area contributed by atoms with E-state index >= 15 is 0 Å². The molecule has 0 aliphatic heterocycles. The molecular weight excluding hydrogens is 216 g/mol. The Balaban J connectivity index is 2.59. The second-order valence-corrected chi connectivity index (χ2v) is 4.42. The molecule has 0 fully saturated rings. The van der Waals surface area contributed by atoms with Crippen molar-refractivity contribution in [2.75, 3.05) is 0 Å². The Labute approximate surface area is 100 Å². The normalized spacial score (nSPS) is 11.1. The van der Waals surface area contributed by atoms with Crippen molar-refractivity contribution in [3.8, 4) is 5.75 Å². The minimum absolute atomic E-state index is 0.0978. The number of aryl methyl sites for hydroxylation is 1. The van der Waals surface area contributed by atoms with Crippen molar-refractivity contribution in [2.24, 2.45) is 0 Å². The second-order valence-electron chi connectivity index (χ2n) is 4.42. The first-order chi connectivity index (χ1) is 7.99. The van der Waals surface area contributed by atoms with Crippen molar-refractivity contribution in [1.29, 1.82) is 0 Å². The molecule has 1 aromatic carbocycles. The van der Waals surface area contributed by atoms with Gasteiger partial charge in [-0.15, -0.1) is 0 Å². The summed E-state index contributed by atoms with van der Waals surface area (Å²) in [6.07, 6.45) is 1.81. The largest absolute Gasteiger partial charge is 0.491 e. The van der Waals surface area contributed by atoms with Crippen LogP contribution in [0.4, 0.5) is 0 Å². The zero-order valence-corrected chi connectivity index (χ0v) is 10.5. The SMILES string of the molecule is CC(=O)n1ncc2cc(C)c(OC(C)C)cc21. The predicted molar refractivity (Wildman–Crippen MR) is 66.5 cm³/mol. The lowest BCUT2D eigenvalue weighted by atomic mass is 10.1. The highest BCUT2D eigenvalue weighted by atomic mass is 16.5. The van der Waals surface area contributed by atoms with Crippen LogP contribution in [-0.2, 0) is 0 Å². The van der Waals surface area contributed by atoms with Crippen molar-refractivity contribution in [1.82, 2.24) is 9.78 Å². The molecular formula is C13H16N2O2. The van der Waals surface area contributed by atoms with Gasteiger partial charge in [0.25, 0.3) is 0 Å². The Morgan fingerprint density at radius 1 is 1.41 bits per heavy atom. The van der Waals surface area contributed by atoms with E-state index in [1.54, 1.807) is 6.20 Å². The van der Waals surface area contributed by atoms with Crippen LogP contribution in [0, 0.1) is 6.92 Å². The Bertz CT molecular complexity index is 570. The van der Waals surface area contributed by atoms with E-state index < -0.39 is 0 Å². The van der Waals surface area contributed by atoms with E-state index in [4.69, 9.17) is 4.74 Å². The number of hydrogen-bond donors (Lipinski definition) is 0. The molecule has 4 heteroatoms. The molecule has 0 unspecified atom stereocenters. The molecule has 1 heterocycles. The van der Waals surface area contributed by atoms with Crippen LogP contribution < -0.4 is 4.74 Å². The Morgan fingerprint density at radius 3 is 2.71 bits per heavy atom. The number of benzene rings is 1. The summed E-state index contributed by atoms with van der Waals surface area (Å²) in [5.41, 5.74) is 1.84. The molecule has 0 saturated carbocycles. The molecule has 2 rings (SSSR count). The maximum absolute atomic E-state index is 11.4. The molecule has 2 aromatic rings. The topological polar surface area (TPSA) is 44.1 Å². The molecule has 0 bridgehead atoms. The minimum Gasteiger partial charge on any atom is -0.491 e. The van der Waals surface area contributed by atoms with Gasteiger partial charge >= 0.3 is 0 Å². The van der Waals surface area contributed by atoms with Gasteiger partial charge in [-0.2, -0.15) is 5.10 Å². The zero-order chi connectivity index (χ0) is 12.6. The van der Waals surface area contributed by atoms with Gasteiger partial charge in [-0.3, -0.25) is 4.79 Å². The fraction of sp³-hybridized carbons (Fsp3) is 0.385. The first-order valence-corrected chi connectivity index (χ1v) is 5.65. The summed E-state index contributed by atoms with van der Waals surface area (Å²) >= 11 is 0. The van der Waals surface area contributed by atoms with Gasteiger partial charge in [0.1, 0.15) is 5.75 Å². The number of carbonyl (C=O) groups is 1. The molecule has 90 valence electrons. The lowest BCUT2D eigenvalue weighted by molar-refractivity contribution is 0.0927. The lowest BCUT2D eigenvalue weighted by Crippen LogP contribution is -2.09. The molecule has 0 spiro atoms. The van der Waals surface area contributed by atoms with Gasteiger partial charge in [-0.25, -0.2) is 4.68 Å². The summed E-state index contributed by atoms with van der Waals surface area (Å²) in [5.74, 6) is 0.704. The molecule has 0 amide bonds. The number of hydrogen-bond acceptors (Lipinski definition) is 3. The highest BCUT2D eigenvalue weighted by Crippen LogP contribution is 2.26. The van der Waals surface area contributed by atoms with E-state index in [0.717, 1.165) is 22.2 Å². The lowest BCUT2D eigenvalue weighted by Gasteiger charge is -2.12. The Morgan fingerprint density at radius 2 is 2.12 bits per heavy atom. The second kappa shape index (κ2) is 4.20.